The molecule has 4 rings (SSSR count). The molecule has 3 heterocycles. The van der Waals surface area contributed by atoms with Gasteiger partial charge in [0.25, 0.3) is 5.56 Å². The van der Waals surface area contributed by atoms with Crippen LogP contribution < -0.4 is 10.9 Å². The zero-order chi connectivity index (χ0) is 22.1. The van der Waals surface area contributed by atoms with Crippen LogP contribution in [0.5, 0.6) is 0 Å². The summed E-state index contributed by atoms with van der Waals surface area (Å²) in [4.78, 5) is 35.7. The summed E-state index contributed by atoms with van der Waals surface area (Å²) in [6.45, 7) is 6.53. The van der Waals surface area contributed by atoms with Gasteiger partial charge < -0.3 is 5.32 Å². The summed E-state index contributed by atoms with van der Waals surface area (Å²) in [5.41, 5.74) is 2.14. The van der Waals surface area contributed by atoms with Gasteiger partial charge in [0.15, 0.2) is 5.16 Å². The largest absolute Gasteiger partial charge is 0.325 e. The Bertz CT molecular complexity index is 1350. The van der Waals surface area contributed by atoms with Crippen LogP contribution in [0.25, 0.3) is 20.4 Å². The molecule has 31 heavy (non-hydrogen) atoms. The molecule has 0 bridgehead atoms. The molecule has 4 aromatic rings. The second-order valence-corrected chi connectivity index (χ2v) is 9.99. The van der Waals surface area contributed by atoms with Crippen LogP contribution in [0.3, 0.4) is 0 Å². The Balaban J connectivity index is 1.64. The lowest BCUT2D eigenvalue weighted by Gasteiger charge is -2.14. The number of aryl methyl sites for hydroxylation is 1. The minimum absolute atomic E-state index is 0.0880. The van der Waals surface area contributed by atoms with Crippen LogP contribution in [0.4, 0.5) is 5.69 Å². The third kappa shape index (κ3) is 4.61. The number of nitrogens with one attached hydrogen (secondary N) is 1. The quantitative estimate of drug-likeness (QED) is 0.302. The summed E-state index contributed by atoms with van der Waals surface area (Å²) in [5.74, 6) is 0.196. The standard InChI is InChI=1S/C22H21ClN4O2S2/c1-12(2)10-27-21(29)19-18(15-5-4-8-24-20(15)31-19)26-22(27)30-11-17(28)25-14-7-6-13(3)16(23)9-14/h4-9,12H,10-11H2,1-3H3,(H,25,28). The summed E-state index contributed by atoms with van der Waals surface area (Å²) >= 11 is 8.76. The van der Waals surface area contributed by atoms with Crippen molar-refractivity contribution in [2.45, 2.75) is 32.5 Å². The molecule has 0 unspecified atom stereocenters. The van der Waals surface area contributed by atoms with Gasteiger partial charge in [0.05, 0.1) is 11.3 Å². The van der Waals surface area contributed by atoms with E-state index in [1.165, 1.54) is 23.1 Å². The van der Waals surface area contributed by atoms with Crippen molar-refractivity contribution in [2.75, 3.05) is 11.1 Å². The first-order valence-corrected chi connectivity index (χ1v) is 12.0. The number of pyridine rings is 1. The minimum Gasteiger partial charge on any atom is -0.325 e. The average molecular weight is 473 g/mol. The fraction of sp³-hybridized carbons (Fsp3) is 0.273. The number of hydrogen-bond donors (Lipinski definition) is 1. The van der Waals surface area contributed by atoms with Gasteiger partial charge in [-0.05, 0) is 42.7 Å². The van der Waals surface area contributed by atoms with E-state index in [2.05, 4.69) is 10.3 Å². The molecule has 1 N–H and O–H groups in total. The first-order chi connectivity index (χ1) is 14.8. The fourth-order valence-corrected chi connectivity index (χ4v) is 5.19. The zero-order valence-electron chi connectivity index (χ0n) is 17.3. The molecule has 1 aromatic carbocycles. The molecule has 0 saturated carbocycles. The molecule has 0 atom stereocenters. The molecule has 0 saturated heterocycles. The molecule has 1 amide bonds. The van der Waals surface area contributed by atoms with Crippen LogP contribution in [0, 0.1) is 12.8 Å². The number of thiophene rings is 1. The van der Waals surface area contributed by atoms with E-state index in [9.17, 15) is 9.59 Å². The van der Waals surface area contributed by atoms with E-state index in [1.54, 1.807) is 16.8 Å². The van der Waals surface area contributed by atoms with Crippen molar-refractivity contribution in [3.05, 3.63) is 57.5 Å². The molecule has 0 radical (unpaired) electrons. The number of hydrogen-bond acceptors (Lipinski definition) is 6. The first kappa shape index (κ1) is 21.8. The van der Waals surface area contributed by atoms with Crippen molar-refractivity contribution in [3.8, 4) is 0 Å². The molecule has 0 aliphatic carbocycles. The van der Waals surface area contributed by atoms with Gasteiger partial charge in [0.1, 0.15) is 9.53 Å². The highest BCUT2D eigenvalue weighted by atomic mass is 35.5. The Morgan fingerprint density at radius 2 is 2.13 bits per heavy atom. The Morgan fingerprint density at radius 3 is 2.87 bits per heavy atom. The number of carbonyl (C=O) groups is 1. The van der Waals surface area contributed by atoms with E-state index >= 15 is 0 Å². The summed E-state index contributed by atoms with van der Waals surface area (Å²) in [6.07, 6.45) is 1.71. The van der Waals surface area contributed by atoms with Crippen molar-refractivity contribution in [1.29, 1.82) is 0 Å². The van der Waals surface area contributed by atoms with E-state index in [1.807, 2.05) is 45.0 Å². The number of anilines is 1. The minimum atomic E-state index is -0.188. The number of nitrogens with zero attached hydrogens (tertiary/aromatic N) is 3. The van der Waals surface area contributed by atoms with E-state index in [0.717, 1.165) is 15.8 Å². The van der Waals surface area contributed by atoms with E-state index in [0.29, 0.717) is 32.6 Å². The molecule has 0 fully saturated rings. The Kier molecular flexibility index (Phi) is 6.31. The smallest absolute Gasteiger partial charge is 0.272 e. The first-order valence-electron chi connectivity index (χ1n) is 9.80. The van der Waals surface area contributed by atoms with Crippen LogP contribution in [-0.2, 0) is 11.3 Å². The summed E-state index contributed by atoms with van der Waals surface area (Å²) in [7, 11) is 0. The molecule has 3 aromatic heterocycles. The van der Waals surface area contributed by atoms with E-state index < -0.39 is 0 Å². The highest BCUT2D eigenvalue weighted by Gasteiger charge is 2.18. The second-order valence-electron chi connectivity index (χ2n) is 7.64. The number of fused-ring (bicyclic) bond motifs is 3. The number of rotatable bonds is 6. The number of amides is 1. The number of aromatic nitrogens is 3. The van der Waals surface area contributed by atoms with Crippen molar-refractivity contribution in [3.63, 3.8) is 0 Å². The number of carbonyl (C=O) groups excluding carboxylic acids is 1. The summed E-state index contributed by atoms with van der Waals surface area (Å²) < 4.78 is 2.26. The number of halogens is 1. The van der Waals surface area contributed by atoms with Gasteiger partial charge in [-0.2, -0.15) is 0 Å². The van der Waals surface area contributed by atoms with Crippen LogP contribution in [-0.4, -0.2) is 26.2 Å². The Hall–Kier alpha value is -2.42. The van der Waals surface area contributed by atoms with Crippen LogP contribution in [0.15, 0.2) is 46.5 Å². The molecule has 0 spiro atoms. The fourth-order valence-electron chi connectivity index (χ4n) is 3.18. The number of thioether (sulfide) groups is 1. The van der Waals surface area contributed by atoms with Crippen molar-refractivity contribution < 1.29 is 4.79 Å². The normalized spacial score (nSPS) is 11.5. The van der Waals surface area contributed by atoms with Crippen molar-refractivity contribution in [2.24, 2.45) is 5.92 Å². The SMILES string of the molecule is Cc1ccc(NC(=O)CSc2nc3c(sc4ncccc43)c(=O)n2CC(C)C)cc1Cl. The maximum absolute atomic E-state index is 13.2. The third-order valence-corrected chi connectivity index (χ3v) is 7.13. The van der Waals surface area contributed by atoms with Crippen LogP contribution in [0.2, 0.25) is 5.02 Å². The van der Waals surface area contributed by atoms with Crippen molar-refractivity contribution in [1.82, 2.24) is 14.5 Å². The highest BCUT2D eigenvalue weighted by Crippen LogP contribution is 2.30. The average Bonchev–Trinajstić information content (AvgIpc) is 3.10. The second kappa shape index (κ2) is 8.98. The zero-order valence-corrected chi connectivity index (χ0v) is 19.7. The molecule has 0 aliphatic rings. The van der Waals surface area contributed by atoms with Gasteiger partial charge in [-0.25, -0.2) is 9.97 Å². The van der Waals surface area contributed by atoms with Gasteiger partial charge in [0.2, 0.25) is 5.91 Å². The van der Waals surface area contributed by atoms with E-state index in [4.69, 9.17) is 16.6 Å². The third-order valence-electron chi connectivity index (χ3n) is 4.65. The maximum Gasteiger partial charge on any atom is 0.272 e. The highest BCUT2D eigenvalue weighted by molar-refractivity contribution is 7.99. The van der Waals surface area contributed by atoms with Crippen LogP contribution in [0.1, 0.15) is 19.4 Å². The summed E-state index contributed by atoms with van der Waals surface area (Å²) in [5, 5.41) is 4.84. The Labute approximate surface area is 192 Å². The molecule has 0 aliphatic heterocycles. The van der Waals surface area contributed by atoms with Crippen molar-refractivity contribution >= 4 is 66.7 Å². The topological polar surface area (TPSA) is 76.9 Å². The molecular weight excluding hydrogens is 452 g/mol. The summed E-state index contributed by atoms with van der Waals surface area (Å²) in [6, 6.07) is 9.15. The maximum atomic E-state index is 13.2. The van der Waals surface area contributed by atoms with Gasteiger partial charge in [-0.15, -0.1) is 11.3 Å². The number of benzene rings is 1. The van der Waals surface area contributed by atoms with Crippen LogP contribution >= 0.6 is 34.7 Å². The molecular formula is C22H21ClN4O2S2. The Morgan fingerprint density at radius 1 is 1.32 bits per heavy atom. The lowest BCUT2D eigenvalue weighted by Crippen LogP contribution is -2.25. The predicted octanol–water partition coefficient (Wildman–Crippen LogP) is 5.35. The lowest BCUT2D eigenvalue weighted by molar-refractivity contribution is -0.113. The molecule has 6 nitrogen and oxygen atoms in total. The lowest BCUT2D eigenvalue weighted by atomic mass is 10.2. The van der Waals surface area contributed by atoms with Gasteiger partial charge in [-0.3, -0.25) is 14.2 Å². The monoisotopic (exact) mass is 472 g/mol. The van der Waals surface area contributed by atoms with Gasteiger partial charge >= 0.3 is 0 Å². The van der Waals surface area contributed by atoms with Gasteiger partial charge in [-0.1, -0.05) is 43.3 Å². The molecule has 9 heteroatoms. The van der Waals surface area contributed by atoms with Gasteiger partial charge in [0, 0.05) is 28.8 Å². The van der Waals surface area contributed by atoms with E-state index in [-0.39, 0.29) is 23.1 Å². The predicted molar refractivity (Wildman–Crippen MR) is 130 cm³/mol. The molecule has 160 valence electrons.